The molecule has 110 valence electrons. The molecular formula is C15H16N2O4. The number of carbonyl (C=O) groups is 4. The summed E-state index contributed by atoms with van der Waals surface area (Å²) in [5.41, 5.74) is 0.526. The van der Waals surface area contributed by atoms with Gasteiger partial charge >= 0.3 is 0 Å². The summed E-state index contributed by atoms with van der Waals surface area (Å²) in [4.78, 5) is 48.0. The third kappa shape index (κ3) is 3.16. The first-order valence-corrected chi connectivity index (χ1v) is 6.69. The smallest absolute Gasteiger partial charge is 0.255 e. The van der Waals surface area contributed by atoms with Crippen molar-refractivity contribution in [2.24, 2.45) is 0 Å². The maximum absolute atomic E-state index is 12.5. The van der Waals surface area contributed by atoms with E-state index in [0.717, 1.165) is 0 Å². The summed E-state index contributed by atoms with van der Waals surface area (Å²) in [6, 6.07) is 5.71. The second-order valence-electron chi connectivity index (χ2n) is 4.94. The molecule has 1 unspecified atom stereocenters. The third-order valence-electron chi connectivity index (χ3n) is 3.55. The van der Waals surface area contributed by atoms with E-state index in [1.807, 2.05) is 0 Å². The fourth-order valence-corrected chi connectivity index (χ4v) is 2.37. The number of likely N-dealkylation sites (N-methyl/N-ethyl adjacent to an activating group) is 1. The fraction of sp³-hybridized carbons (Fsp3) is 0.333. The van der Waals surface area contributed by atoms with E-state index in [1.54, 1.807) is 24.3 Å². The van der Waals surface area contributed by atoms with E-state index in [1.165, 1.54) is 11.9 Å². The molecule has 1 heterocycles. The summed E-state index contributed by atoms with van der Waals surface area (Å²) >= 11 is 0. The van der Waals surface area contributed by atoms with Crippen LogP contribution in [-0.2, 0) is 9.59 Å². The molecule has 0 bridgehead atoms. The Labute approximate surface area is 122 Å². The minimum absolute atomic E-state index is 0.248. The van der Waals surface area contributed by atoms with E-state index < -0.39 is 17.9 Å². The van der Waals surface area contributed by atoms with Crippen LogP contribution in [0.3, 0.4) is 0 Å². The van der Waals surface area contributed by atoms with E-state index in [0.29, 0.717) is 19.1 Å². The second-order valence-corrected chi connectivity index (χ2v) is 4.94. The first-order chi connectivity index (χ1) is 10.0. The van der Waals surface area contributed by atoms with Crippen molar-refractivity contribution >= 4 is 24.0 Å². The number of imide groups is 1. The van der Waals surface area contributed by atoms with Gasteiger partial charge in [-0.2, -0.15) is 0 Å². The van der Waals surface area contributed by atoms with Crippen LogP contribution in [0.5, 0.6) is 0 Å². The molecule has 3 amide bonds. The molecule has 0 saturated carbocycles. The Kier molecular flexibility index (Phi) is 4.47. The van der Waals surface area contributed by atoms with Crippen molar-refractivity contribution < 1.29 is 19.2 Å². The highest BCUT2D eigenvalue weighted by Gasteiger charge is 2.31. The summed E-state index contributed by atoms with van der Waals surface area (Å²) < 4.78 is 0. The molecule has 1 aromatic rings. The molecule has 0 spiro atoms. The molecule has 1 aliphatic heterocycles. The number of aldehydes is 1. The molecular weight excluding hydrogens is 272 g/mol. The average Bonchev–Trinajstić information content (AvgIpc) is 2.66. The maximum Gasteiger partial charge on any atom is 0.255 e. The Bertz CT molecular complexity index is 597. The Morgan fingerprint density at radius 3 is 2.76 bits per heavy atom. The van der Waals surface area contributed by atoms with Gasteiger partial charge in [-0.3, -0.25) is 24.5 Å². The Hall–Kier alpha value is -2.50. The lowest BCUT2D eigenvalue weighted by atomic mass is 10.0. The van der Waals surface area contributed by atoms with Crippen LogP contribution in [0.15, 0.2) is 24.3 Å². The summed E-state index contributed by atoms with van der Waals surface area (Å²) in [5.74, 6) is -1.21. The number of nitrogens with one attached hydrogen (secondary N) is 1. The first-order valence-electron chi connectivity index (χ1n) is 6.69. The lowest BCUT2D eigenvalue weighted by molar-refractivity contribution is -0.131. The van der Waals surface area contributed by atoms with Crippen molar-refractivity contribution in [3.63, 3.8) is 0 Å². The number of hydrogen-bond acceptors (Lipinski definition) is 4. The summed E-state index contributed by atoms with van der Waals surface area (Å²) in [7, 11) is 1.50. The molecule has 1 N–H and O–H groups in total. The number of benzene rings is 1. The van der Waals surface area contributed by atoms with Gasteiger partial charge in [0.2, 0.25) is 11.8 Å². The van der Waals surface area contributed by atoms with E-state index >= 15 is 0 Å². The normalized spacial score (nSPS) is 18.6. The predicted octanol–water partition coefficient (Wildman–Crippen LogP) is 0.766. The standard InChI is InChI=1S/C15H16N2O4/c1-17(12-7-4-8-13(19)16-14(12)20)15(21)11-6-3-2-5-10(11)9-18/h2-3,5-6,9,12H,4,7-8H2,1H3,(H,16,19,20). The Morgan fingerprint density at radius 2 is 2.05 bits per heavy atom. The quantitative estimate of drug-likeness (QED) is 0.657. The molecule has 2 rings (SSSR count). The van der Waals surface area contributed by atoms with Crippen molar-refractivity contribution in [3.05, 3.63) is 35.4 Å². The van der Waals surface area contributed by atoms with Gasteiger partial charge in [-0.1, -0.05) is 18.2 Å². The zero-order valence-corrected chi connectivity index (χ0v) is 11.7. The topological polar surface area (TPSA) is 83.6 Å². The van der Waals surface area contributed by atoms with Crippen molar-refractivity contribution in [1.29, 1.82) is 0 Å². The molecule has 6 heteroatoms. The lowest BCUT2D eigenvalue weighted by Gasteiger charge is -2.26. The number of rotatable bonds is 3. The summed E-state index contributed by atoms with van der Waals surface area (Å²) in [5, 5.41) is 2.27. The van der Waals surface area contributed by atoms with Crippen LogP contribution in [0.4, 0.5) is 0 Å². The lowest BCUT2D eigenvalue weighted by Crippen LogP contribution is -2.47. The number of amides is 3. The minimum Gasteiger partial charge on any atom is -0.330 e. The van der Waals surface area contributed by atoms with Gasteiger partial charge in [-0.25, -0.2) is 0 Å². The molecule has 6 nitrogen and oxygen atoms in total. The van der Waals surface area contributed by atoms with Gasteiger partial charge in [0.25, 0.3) is 5.91 Å². The van der Waals surface area contributed by atoms with Crippen molar-refractivity contribution in [2.45, 2.75) is 25.3 Å². The molecule has 1 aliphatic rings. The minimum atomic E-state index is -0.705. The van der Waals surface area contributed by atoms with Crippen LogP contribution in [0.25, 0.3) is 0 Å². The van der Waals surface area contributed by atoms with Crippen LogP contribution in [0.2, 0.25) is 0 Å². The summed E-state index contributed by atoms with van der Waals surface area (Å²) in [6.07, 6.45) is 1.84. The Balaban J connectivity index is 2.24. The van der Waals surface area contributed by atoms with E-state index in [2.05, 4.69) is 5.32 Å². The number of hydrogen-bond donors (Lipinski definition) is 1. The largest absolute Gasteiger partial charge is 0.330 e. The van der Waals surface area contributed by atoms with Gasteiger partial charge in [0.15, 0.2) is 6.29 Å². The van der Waals surface area contributed by atoms with Gasteiger partial charge < -0.3 is 4.90 Å². The van der Waals surface area contributed by atoms with Crippen LogP contribution < -0.4 is 5.32 Å². The van der Waals surface area contributed by atoms with Crippen molar-refractivity contribution in [1.82, 2.24) is 10.2 Å². The molecule has 1 saturated heterocycles. The number of carbonyl (C=O) groups excluding carboxylic acids is 4. The van der Waals surface area contributed by atoms with Gasteiger partial charge in [0, 0.05) is 19.0 Å². The highest BCUT2D eigenvalue weighted by atomic mass is 16.2. The third-order valence-corrected chi connectivity index (χ3v) is 3.55. The molecule has 0 aromatic heterocycles. The maximum atomic E-state index is 12.5. The van der Waals surface area contributed by atoms with E-state index in [4.69, 9.17) is 0 Å². The molecule has 1 atom stereocenters. The summed E-state index contributed by atoms with van der Waals surface area (Å²) in [6.45, 7) is 0. The zero-order valence-electron chi connectivity index (χ0n) is 11.7. The second kappa shape index (κ2) is 6.30. The van der Waals surface area contributed by atoms with Crippen LogP contribution in [0, 0.1) is 0 Å². The van der Waals surface area contributed by atoms with Gasteiger partial charge in [-0.15, -0.1) is 0 Å². The SMILES string of the molecule is CN(C(=O)c1ccccc1C=O)C1CCCC(=O)NC1=O. The van der Waals surface area contributed by atoms with Crippen LogP contribution in [-0.4, -0.2) is 42.0 Å². The molecule has 1 fully saturated rings. The predicted molar refractivity (Wildman–Crippen MR) is 74.7 cm³/mol. The monoisotopic (exact) mass is 288 g/mol. The zero-order chi connectivity index (χ0) is 15.4. The van der Waals surface area contributed by atoms with Gasteiger partial charge in [0.1, 0.15) is 6.04 Å². The fourth-order valence-electron chi connectivity index (χ4n) is 2.37. The molecule has 21 heavy (non-hydrogen) atoms. The highest BCUT2D eigenvalue weighted by molar-refractivity contribution is 6.05. The van der Waals surface area contributed by atoms with Crippen LogP contribution in [0.1, 0.15) is 40.0 Å². The van der Waals surface area contributed by atoms with E-state index in [9.17, 15) is 19.2 Å². The molecule has 1 aromatic carbocycles. The Morgan fingerprint density at radius 1 is 1.33 bits per heavy atom. The average molecular weight is 288 g/mol. The highest BCUT2D eigenvalue weighted by Crippen LogP contribution is 2.16. The van der Waals surface area contributed by atoms with Gasteiger partial charge in [-0.05, 0) is 18.9 Å². The van der Waals surface area contributed by atoms with Crippen molar-refractivity contribution in [2.75, 3.05) is 7.05 Å². The van der Waals surface area contributed by atoms with Crippen molar-refractivity contribution in [3.8, 4) is 0 Å². The van der Waals surface area contributed by atoms with E-state index in [-0.39, 0.29) is 23.5 Å². The molecule has 0 radical (unpaired) electrons. The van der Waals surface area contributed by atoms with Gasteiger partial charge in [0.05, 0.1) is 5.56 Å². The van der Waals surface area contributed by atoms with Crippen LogP contribution >= 0.6 is 0 Å². The number of nitrogens with zero attached hydrogens (tertiary/aromatic N) is 1. The molecule has 0 aliphatic carbocycles. The first kappa shape index (κ1) is 14.9.